The van der Waals surface area contributed by atoms with E-state index in [1.807, 2.05) is 18.2 Å². The molecule has 0 aromatic heterocycles. The molecule has 0 radical (unpaired) electrons. The van der Waals surface area contributed by atoms with Gasteiger partial charge in [0.15, 0.2) is 0 Å². The molecule has 5 nitrogen and oxygen atoms in total. The zero-order valence-corrected chi connectivity index (χ0v) is 20.5. The summed E-state index contributed by atoms with van der Waals surface area (Å²) in [7, 11) is -4.33. The minimum absolute atomic E-state index is 0. The van der Waals surface area contributed by atoms with Crippen LogP contribution in [0.2, 0.25) is 0 Å². The molecule has 1 saturated carbocycles. The van der Waals surface area contributed by atoms with Crippen LogP contribution >= 0.6 is 0 Å². The van der Waals surface area contributed by atoms with Gasteiger partial charge in [0.05, 0.1) is 5.92 Å². The van der Waals surface area contributed by atoms with Gasteiger partial charge in [0, 0.05) is 5.56 Å². The van der Waals surface area contributed by atoms with E-state index >= 15 is 0 Å². The van der Waals surface area contributed by atoms with Crippen LogP contribution in [0.15, 0.2) is 24.3 Å². The second kappa shape index (κ2) is 11.6. The maximum atomic E-state index is 11.7. The first-order valence-corrected chi connectivity index (χ1v) is 9.36. The second-order valence-electron chi connectivity index (χ2n) is 5.84. The molecule has 0 spiro atoms. The van der Waals surface area contributed by atoms with Gasteiger partial charge in [-0.1, -0.05) is 39.0 Å². The van der Waals surface area contributed by atoms with Gasteiger partial charge in [0.2, 0.25) is 0 Å². The van der Waals surface area contributed by atoms with E-state index in [0.29, 0.717) is 0 Å². The topological polar surface area (TPSA) is 89.5 Å². The largest absolute Gasteiger partial charge is 1.00 e. The van der Waals surface area contributed by atoms with Crippen LogP contribution in [0.25, 0.3) is 0 Å². The van der Waals surface area contributed by atoms with Gasteiger partial charge in [-0.05, 0) is 41.9 Å². The Labute approximate surface area is 193 Å². The molecule has 0 unspecified atom stereocenters. The molecule has 0 amide bonds. The Morgan fingerprint density at radius 1 is 1.29 bits per heavy atom. The number of esters is 1. The predicted molar refractivity (Wildman–Crippen MR) is 85.2 cm³/mol. The molecule has 1 aromatic carbocycles. The molecule has 124 valence electrons. The van der Waals surface area contributed by atoms with Gasteiger partial charge in [-0.2, -0.15) is 0 Å². The van der Waals surface area contributed by atoms with Crippen molar-refractivity contribution in [2.24, 2.45) is 5.92 Å². The van der Waals surface area contributed by atoms with Crippen LogP contribution in [-0.4, -0.2) is 19.3 Å². The van der Waals surface area contributed by atoms with Crippen LogP contribution in [0.3, 0.4) is 0 Å². The summed E-state index contributed by atoms with van der Waals surface area (Å²) in [5.74, 6) is 0.813. The fourth-order valence-corrected chi connectivity index (χ4v) is 1.82. The summed E-state index contributed by atoms with van der Waals surface area (Å²) in [5.41, 5.74) is 1.16. The van der Waals surface area contributed by atoms with E-state index < -0.39 is 9.05 Å². The van der Waals surface area contributed by atoms with Crippen molar-refractivity contribution in [1.82, 2.24) is 0 Å². The SMILES string of the molecule is CCC(C)(C)c1ccccc1OC(=O)C1CC1.O=S([O-])([O-])=S.[Na+].[Na+]. The van der Waals surface area contributed by atoms with Crippen molar-refractivity contribution >= 4 is 26.2 Å². The third-order valence-corrected chi connectivity index (χ3v) is 3.62. The monoisotopic (exact) mass is 390 g/mol. The van der Waals surface area contributed by atoms with E-state index in [1.54, 1.807) is 0 Å². The van der Waals surface area contributed by atoms with Crippen molar-refractivity contribution in [1.29, 1.82) is 0 Å². The van der Waals surface area contributed by atoms with Gasteiger partial charge in [-0.15, -0.1) is 9.05 Å². The van der Waals surface area contributed by atoms with Crippen molar-refractivity contribution in [3.63, 3.8) is 0 Å². The number of carbonyl (C=O) groups excluding carboxylic acids is 1. The minimum Gasteiger partial charge on any atom is -0.780 e. The molecule has 1 aromatic rings. The standard InChI is InChI=1S/C15H20O2.2Na.H2O3S2/c1-4-15(2,3)12-7-5-6-8-13(12)17-14(16)11-9-10-11;;;1-5(2,3)4/h5-8,11H,4,9-10H2,1-3H3;;;(H2,1,2,3,4)/q;2*+1;/p-2. The van der Waals surface area contributed by atoms with Gasteiger partial charge >= 0.3 is 65.1 Å². The summed E-state index contributed by atoms with van der Waals surface area (Å²) in [6.07, 6.45) is 2.99. The Morgan fingerprint density at radius 2 is 1.75 bits per heavy atom. The Morgan fingerprint density at radius 3 is 2.17 bits per heavy atom. The van der Waals surface area contributed by atoms with Crippen molar-refractivity contribution in [3.8, 4) is 5.75 Å². The van der Waals surface area contributed by atoms with Crippen molar-refractivity contribution in [3.05, 3.63) is 29.8 Å². The fraction of sp³-hybridized carbons (Fsp3) is 0.533. The number of ether oxygens (including phenoxy) is 1. The molecule has 0 atom stereocenters. The Balaban J connectivity index is 0. The van der Waals surface area contributed by atoms with E-state index in [9.17, 15) is 4.79 Å². The van der Waals surface area contributed by atoms with Crippen LogP contribution in [0.4, 0.5) is 0 Å². The number of hydrogen-bond acceptors (Lipinski definition) is 6. The molecule has 0 heterocycles. The van der Waals surface area contributed by atoms with E-state index in [2.05, 4.69) is 38.0 Å². The summed E-state index contributed by atoms with van der Waals surface area (Å²) in [5, 5.41) is 0. The zero-order valence-electron chi connectivity index (χ0n) is 14.9. The molecule has 0 saturated heterocycles. The first-order valence-electron chi connectivity index (χ1n) is 7.02. The Kier molecular flexibility index (Phi) is 13.2. The fourth-order valence-electron chi connectivity index (χ4n) is 1.82. The normalized spacial score (nSPS) is 13.5. The van der Waals surface area contributed by atoms with Crippen molar-refractivity contribution in [2.45, 2.75) is 45.4 Å². The molecule has 0 aliphatic heterocycles. The third kappa shape index (κ3) is 10.9. The van der Waals surface area contributed by atoms with Crippen LogP contribution in [-0.2, 0) is 30.5 Å². The van der Waals surface area contributed by atoms with Crippen LogP contribution in [0, 0.1) is 5.92 Å². The molecule has 9 heteroatoms. The van der Waals surface area contributed by atoms with Crippen molar-refractivity contribution < 1.29 is 82.0 Å². The predicted octanol–water partition coefficient (Wildman–Crippen LogP) is -3.31. The van der Waals surface area contributed by atoms with Crippen LogP contribution < -0.4 is 63.9 Å². The molecule has 0 bridgehead atoms. The maximum absolute atomic E-state index is 11.7. The summed E-state index contributed by atoms with van der Waals surface area (Å²) >= 11 is 3.24. The van der Waals surface area contributed by atoms with E-state index in [0.717, 1.165) is 30.6 Å². The Hall–Kier alpha value is 0.980. The van der Waals surface area contributed by atoms with Gasteiger partial charge in [-0.25, -0.2) is 0 Å². The number of para-hydroxylation sites is 1. The summed E-state index contributed by atoms with van der Waals surface area (Å²) in [6.45, 7) is 6.51. The maximum Gasteiger partial charge on any atom is 1.00 e. The molecule has 1 aliphatic rings. The van der Waals surface area contributed by atoms with Gasteiger partial charge in [0.25, 0.3) is 0 Å². The van der Waals surface area contributed by atoms with Gasteiger partial charge < -0.3 is 13.8 Å². The van der Waals surface area contributed by atoms with Crippen LogP contribution in [0.1, 0.15) is 45.6 Å². The zero-order chi connectivity index (χ0) is 17.0. The average Bonchev–Trinajstić information content (AvgIpc) is 3.21. The molecule has 1 fully saturated rings. The number of carbonyl (C=O) groups is 1. The first-order chi connectivity index (χ1) is 10.0. The molecule has 24 heavy (non-hydrogen) atoms. The number of rotatable bonds is 4. The quantitative estimate of drug-likeness (QED) is 0.304. The van der Waals surface area contributed by atoms with Crippen molar-refractivity contribution in [2.75, 3.05) is 0 Å². The minimum atomic E-state index is -4.33. The van der Waals surface area contributed by atoms with E-state index in [4.69, 9.17) is 18.1 Å². The smallest absolute Gasteiger partial charge is 0.780 e. The molecule has 0 N–H and O–H groups in total. The summed E-state index contributed by atoms with van der Waals surface area (Å²) in [4.78, 5) is 11.7. The molecular formula is C15H20Na2O5S2. The Bertz CT molecular complexity index is 621. The van der Waals surface area contributed by atoms with E-state index in [-0.39, 0.29) is 76.4 Å². The summed E-state index contributed by atoms with van der Waals surface area (Å²) in [6, 6.07) is 7.87. The molecule has 2 rings (SSSR count). The average molecular weight is 390 g/mol. The summed E-state index contributed by atoms with van der Waals surface area (Å²) < 4.78 is 32.2. The molecular weight excluding hydrogens is 370 g/mol. The number of hydrogen-bond donors (Lipinski definition) is 0. The van der Waals surface area contributed by atoms with Gasteiger partial charge in [-0.3, -0.25) is 9.00 Å². The third-order valence-electron chi connectivity index (χ3n) is 3.62. The number of benzene rings is 1. The molecule has 1 aliphatic carbocycles. The second-order valence-corrected chi connectivity index (χ2v) is 7.88. The van der Waals surface area contributed by atoms with E-state index in [1.165, 1.54) is 0 Å². The van der Waals surface area contributed by atoms with Gasteiger partial charge in [0.1, 0.15) is 5.75 Å². The van der Waals surface area contributed by atoms with Crippen LogP contribution in [0.5, 0.6) is 5.75 Å². The first kappa shape index (κ1) is 27.2.